The fraction of sp³-hybridized carbons (Fsp3) is 0.500. The average molecular weight is 634 g/mol. The largest absolute Gasteiger partial charge is 0.444 e. The van der Waals surface area contributed by atoms with Crippen LogP contribution in [0.3, 0.4) is 0 Å². The van der Waals surface area contributed by atoms with Crippen LogP contribution >= 0.6 is 11.8 Å². The number of rotatable bonds is 5. The number of nitriles is 1. The van der Waals surface area contributed by atoms with E-state index < -0.39 is 47.0 Å². The van der Waals surface area contributed by atoms with Crippen molar-refractivity contribution in [2.45, 2.75) is 56.5 Å². The number of fused-ring (bicyclic) bond motifs is 1. The molecule has 0 N–H and O–H groups in total. The van der Waals surface area contributed by atoms with E-state index in [0.717, 1.165) is 17.8 Å². The summed E-state index contributed by atoms with van der Waals surface area (Å²) in [5.41, 5.74) is -3.59. The lowest BCUT2D eigenvalue weighted by Gasteiger charge is -2.41. The van der Waals surface area contributed by atoms with Gasteiger partial charge in [-0.3, -0.25) is 4.79 Å². The normalized spacial score (nSPS) is 18.1. The third kappa shape index (κ3) is 6.30. The van der Waals surface area contributed by atoms with Crippen LogP contribution in [0.5, 0.6) is 0 Å². The van der Waals surface area contributed by atoms with Gasteiger partial charge in [0.15, 0.2) is 11.4 Å². The molecule has 2 saturated heterocycles. The molecule has 16 heteroatoms. The number of hydrogen-bond donors (Lipinski definition) is 0. The van der Waals surface area contributed by atoms with Crippen LogP contribution in [0, 0.1) is 11.3 Å². The van der Waals surface area contributed by atoms with Crippen LogP contribution in [0.25, 0.3) is 16.6 Å². The topological polar surface area (TPSA) is 136 Å². The number of carbonyl (C=O) groups is 1. The van der Waals surface area contributed by atoms with E-state index in [1.807, 2.05) is 4.90 Å². The Kier molecular flexibility index (Phi) is 8.74. The molecule has 2 fully saturated rings. The Bertz CT molecular complexity index is 1660. The van der Waals surface area contributed by atoms with E-state index in [1.54, 1.807) is 27.0 Å². The molecule has 4 heterocycles. The number of aromatic nitrogens is 4. The summed E-state index contributed by atoms with van der Waals surface area (Å²) in [5, 5.41) is 14.1. The van der Waals surface area contributed by atoms with Crippen molar-refractivity contribution >= 4 is 34.6 Å². The Morgan fingerprint density at radius 3 is 2.55 bits per heavy atom. The maximum atomic E-state index is 14.4. The number of ether oxygens (including phenoxy) is 3. The molecule has 44 heavy (non-hydrogen) atoms. The molecular weight excluding hydrogens is 603 g/mol. The lowest BCUT2D eigenvalue weighted by molar-refractivity contribution is -0.142. The zero-order chi connectivity index (χ0) is 31.8. The molecule has 0 saturated carbocycles. The van der Waals surface area contributed by atoms with Crippen molar-refractivity contribution in [2.24, 2.45) is 0 Å². The molecule has 3 aromatic rings. The van der Waals surface area contributed by atoms with Crippen LogP contribution < -0.4 is 10.5 Å². The molecule has 0 bridgehead atoms. The third-order valence-electron chi connectivity index (χ3n) is 6.98. The maximum Gasteiger partial charge on any atom is 0.418 e. The summed E-state index contributed by atoms with van der Waals surface area (Å²) in [6.07, 6.45) is -3.66. The molecule has 2 aromatic heterocycles. The first-order valence-electron chi connectivity index (χ1n) is 13.7. The fourth-order valence-electron chi connectivity index (χ4n) is 5.16. The molecule has 0 radical (unpaired) electrons. The average Bonchev–Trinajstić information content (AvgIpc) is 3.50. The molecule has 5 rings (SSSR count). The van der Waals surface area contributed by atoms with Crippen molar-refractivity contribution < 1.29 is 32.2 Å². The number of benzene rings is 1. The number of nitrogens with zero attached hydrogens (tertiary/aromatic N) is 7. The molecular formula is C28H30F3N7O5S. The zero-order valence-corrected chi connectivity index (χ0v) is 25.2. The van der Waals surface area contributed by atoms with Gasteiger partial charge in [0, 0.05) is 25.2 Å². The molecule has 1 aromatic carbocycles. The van der Waals surface area contributed by atoms with Crippen molar-refractivity contribution in [3.05, 3.63) is 45.9 Å². The Hall–Kier alpha value is -3.94. The molecule has 0 spiro atoms. The number of thioether (sulfide) groups is 1. The number of amides is 1. The highest BCUT2D eigenvalue weighted by Crippen LogP contribution is 2.40. The van der Waals surface area contributed by atoms with Crippen molar-refractivity contribution in [1.82, 2.24) is 24.6 Å². The fourth-order valence-corrected chi connectivity index (χ4v) is 5.52. The predicted octanol–water partition coefficient (Wildman–Crippen LogP) is 4.30. The minimum atomic E-state index is -4.86. The van der Waals surface area contributed by atoms with Gasteiger partial charge in [0.2, 0.25) is 0 Å². The van der Waals surface area contributed by atoms with Crippen molar-refractivity contribution in [3.8, 4) is 11.8 Å². The molecule has 2 aliphatic heterocycles. The molecule has 1 atom stereocenters. The Morgan fingerprint density at radius 1 is 1.18 bits per heavy atom. The second-order valence-electron chi connectivity index (χ2n) is 11.1. The Morgan fingerprint density at radius 2 is 1.91 bits per heavy atom. The smallest absolute Gasteiger partial charge is 0.418 e. The van der Waals surface area contributed by atoms with Crippen LogP contribution in [-0.4, -0.2) is 81.5 Å². The minimum absolute atomic E-state index is 0.0180. The summed E-state index contributed by atoms with van der Waals surface area (Å²) in [4.78, 5) is 39.0. The quantitative estimate of drug-likeness (QED) is 0.294. The highest BCUT2D eigenvalue weighted by Gasteiger charge is 2.41. The monoisotopic (exact) mass is 633 g/mol. The van der Waals surface area contributed by atoms with Gasteiger partial charge < -0.3 is 24.0 Å². The van der Waals surface area contributed by atoms with Gasteiger partial charge in [-0.2, -0.15) is 28.2 Å². The first-order chi connectivity index (χ1) is 20.8. The van der Waals surface area contributed by atoms with Crippen LogP contribution in [-0.2, 0) is 20.4 Å². The van der Waals surface area contributed by atoms with Crippen molar-refractivity contribution in [1.29, 1.82) is 5.26 Å². The summed E-state index contributed by atoms with van der Waals surface area (Å²) >= 11 is 1.15. The number of piperazine rings is 1. The molecule has 234 valence electrons. The van der Waals surface area contributed by atoms with Gasteiger partial charge in [-0.05, 0) is 33.1 Å². The highest BCUT2D eigenvalue weighted by molar-refractivity contribution is 7.98. The second-order valence-corrected chi connectivity index (χ2v) is 11.9. The van der Waals surface area contributed by atoms with Crippen LogP contribution in [0.1, 0.15) is 44.6 Å². The second kappa shape index (κ2) is 12.2. The lowest BCUT2D eigenvalue weighted by Crippen LogP contribution is -2.56. The molecule has 1 amide bonds. The molecule has 1 unspecified atom stereocenters. The van der Waals surface area contributed by atoms with Gasteiger partial charge in [-0.25, -0.2) is 14.8 Å². The SMILES string of the molecule is CSc1nc(N2CCN(C(=O)OC(C)(C)C)C(CC#N)C2)c2cnn(-c3cccc(C4OCCO4)c3C(F)(F)F)c(=O)c2n1. The third-order valence-corrected chi connectivity index (χ3v) is 7.53. The number of hydrogen-bond acceptors (Lipinski definition) is 11. The number of carbonyl (C=O) groups excluding carboxylic acids is 1. The van der Waals surface area contributed by atoms with Gasteiger partial charge in [0.1, 0.15) is 16.9 Å². The van der Waals surface area contributed by atoms with Crippen molar-refractivity contribution in [2.75, 3.05) is 44.0 Å². The zero-order valence-electron chi connectivity index (χ0n) is 24.4. The summed E-state index contributed by atoms with van der Waals surface area (Å²) in [7, 11) is 0. The first kappa shape index (κ1) is 31.5. The van der Waals surface area contributed by atoms with Crippen molar-refractivity contribution in [3.63, 3.8) is 0 Å². The summed E-state index contributed by atoms with van der Waals surface area (Å²) in [6, 6.07) is 5.34. The van der Waals surface area contributed by atoms with E-state index in [4.69, 9.17) is 14.2 Å². The Balaban J connectivity index is 1.58. The molecule has 2 aliphatic rings. The predicted molar refractivity (Wildman–Crippen MR) is 154 cm³/mol. The van der Waals surface area contributed by atoms with Gasteiger partial charge in [0.25, 0.3) is 5.56 Å². The summed E-state index contributed by atoms with van der Waals surface area (Å²) < 4.78 is 60.2. The number of alkyl halides is 3. The minimum Gasteiger partial charge on any atom is -0.444 e. The lowest BCUT2D eigenvalue weighted by atomic mass is 10.0. The summed E-state index contributed by atoms with van der Waals surface area (Å²) in [5.74, 6) is 0.320. The van der Waals surface area contributed by atoms with E-state index >= 15 is 0 Å². The van der Waals surface area contributed by atoms with E-state index in [2.05, 4.69) is 21.1 Å². The molecule has 0 aliphatic carbocycles. The highest BCUT2D eigenvalue weighted by atomic mass is 32.2. The van der Waals surface area contributed by atoms with E-state index in [9.17, 15) is 28.0 Å². The summed E-state index contributed by atoms with van der Waals surface area (Å²) in [6.45, 7) is 6.21. The van der Waals surface area contributed by atoms with E-state index in [-0.39, 0.29) is 60.9 Å². The standard InChI is InChI=1S/C28H30F3N7O5S/c1-27(2,3)43-26(40)37-11-10-36(15-16(37)8-9-32)22-18-14-33-38(23(39)21(18)34-25(35-22)44-4)19-7-5-6-17(20(19)28(29,30)31)24-41-12-13-42-24/h5-7,14,16,24H,8,10-13,15H2,1-4H3. The van der Waals surface area contributed by atoms with Crippen LogP contribution in [0.2, 0.25) is 0 Å². The van der Waals surface area contributed by atoms with Gasteiger partial charge in [0.05, 0.1) is 54.6 Å². The van der Waals surface area contributed by atoms with Gasteiger partial charge in [-0.1, -0.05) is 23.9 Å². The van der Waals surface area contributed by atoms with Crippen LogP contribution in [0.15, 0.2) is 34.3 Å². The molecule has 12 nitrogen and oxygen atoms in total. The first-order valence-corrected chi connectivity index (χ1v) is 14.9. The van der Waals surface area contributed by atoms with Gasteiger partial charge in [-0.15, -0.1) is 0 Å². The number of anilines is 1. The van der Waals surface area contributed by atoms with E-state index in [0.29, 0.717) is 10.5 Å². The van der Waals surface area contributed by atoms with Gasteiger partial charge >= 0.3 is 12.3 Å². The maximum absolute atomic E-state index is 14.4. The Labute approximate surface area is 254 Å². The van der Waals surface area contributed by atoms with E-state index in [1.165, 1.54) is 23.2 Å². The van der Waals surface area contributed by atoms with Crippen LogP contribution in [0.4, 0.5) is 23.8 Å². The number of halogens is 3.